The maximum Gasteiger partial charge on any atom is 0.235 e. The predicted molar refractivity (Wildman–Crippen MR) is 189 cm³/mol. The minimum Gasteiger partial charge on any atom is -0.291 e. The van der Waals surface area contributed by atoms with E-state index in [4.69, 9.17) is 15.0 Å². The number of para-hydroxylation sites is 2. The average Bonchev–Trinajstić information content (AvgIpc) is 3.40. The van der Waals surface area contributed by atoms with Crippen LogP contribution in [0.5, 0.6) is 0 Å². The van der Waals surface area contributed by atoms with E-state index in [1.807, 2.05) is 24.4 Å². The third-order valence-corrected chi connectivity index (χ3v) is 9.17. The Kier molecular flexibility index (Phi) is 5.22. The number of hydrogen-bond donors (Lipinski definition) is 0. The highest BCUT2D eigenvalue weighted by atomic mass is 15.2. The molecule has 0 N–H and O–H groups in total. The zero-order chi connectivity index (χ0) is 30.2. The van der Waals surface area contributed by atoms with E-state index in [-0.39, 0.29) is 0 Å². The van der Waals surface area contributed by atoms with Crippen molar-refractivity contribution in [3.05, 3.63) is 152 Å². The van der Waals surface area contributed by atoms with Gasteiger partial charge in [-0.25, -0.2) is 15.0 Å². The van der Waals surface area contributed by atoms with E-state index in [2.05, 4.69) is 136 Å². The number of pyridine rings is 1. The Labute approximate surface area is 263 Å². The molecule has 0 saturated carbocycles. The number of nitrogens with zero attached hydrogens (tertiary/aromatic N) is 5. The molecule has 0 aliphatic carbocycles. The topological polar surface area (TPSA) is 48.0 Å². The zero-order valence-electron chi connectivity index (χ0n) is 24.7. The lowest BCUT2D eigenvalue weighted by Gasteiger charge is -2.14. The molecule has 0 aliphatic rings. The van der Waals surface area contributed by atoms with Gasteiger partial charge in [-0.15, -0.1) is 0 Å². The Morgan fingerprint density at radius 1 is 0.457 bits per heavy atom. The lowest BCUT2D eigenvalue weighted by atomic mass is 10.0. The van der Waals surface area contributed by atoms with Gasteiger partial charge in [0.1, 0.15) is 0 Å². The second kappa shape index (κ2) is 9.58. The normalized spacial score (nSPS) is 11.9. The molecule has 4 aromatic heterocycles. The van der Waals surface area contributed by atoms with Gasteiger partial charge in [0.2, 0.25) is 5.95 Å². The molecule has 10 rings (SSSR count). The van der Waals surface area contributed by atoms with Crippen LogP contribution in [0.25, 0.3) is 88.5 Å². The summed E-state index contributed by atoms with van der Waals surface area (Å²) in [7, 11) is 0. The minimum atomic E-state index is 0.606. The molecule has 0 atom stereocenters. The fourth-order valence-electron chi connectivity index (χ4n) is 7.13. The molecule has 214 valence electrons. The molecule has 10 aromatic rings. The molecule has 0 spiro atoms. The highest BCUT2D eigenvalue weighted by Gasteiger charge is 2.21. The Bertz CT molecular complexity index is 2780. The smallest absolute Gasteiger partial charge is 0.235 e. The summed E-state index contributed by atoms with van der Waals surface area (Å²) in [5.41, 5.74) is 10.3. The van der Waals surface area contributed by atoms with Crippen LogP contribution in [0.15, 0.2) is 152 Å². The molecular formula is C41H25N5. The van der Waals surface area contributed by atoms with Crippen LogP contribution in [-0.2, 0) is 0 Å². The lowest BCUT2D eigenvalue weighted by molar-refractivity contribution is 1.01. The summed E-state index contributed by atoms with van der Waals surface area (Å²) in [4.78, 5) is 15.6. The highest BCUT2D eigenvalue weighted by molar-refractivity contribution is 6.23. The molecule has 5 heteroatoms. The third kappa shape index (κ3) is 3.54. The summed E-state index contributed by atoms with van der Waals surface area (Å²) >= 11 is 0. The van der Waals surface area contributed by atoms with Crippen molar-refractivity contribution in [2.45, 2.75) is 0 Å². The molecule has 0 fully saturated rings. The van der Waals surface area contributed by atoms with Gasteiger partial charge in [0.15, 0.2) is 5.65 Å². The first-order chi connectivity index (χ1) is 22.8. The van der Waals surface area contributed by atoms with Crippen molar-refractivity contribution >= 4 is 60.2 Å². The van der Waals surface area contributed by atoms with Crippen molar-refractivity contribution < 1.29 is 0 Å². The van der Waals surface area contributed by atoms with Crippen LogP contribution in [0, 0.1) is 0 Å². The third-order valence-electron chi connectivity index (χ3n) is 9.17. The summed E-state index contributed by atoms with van der Waals surface area (Å²) in [5, 5.41) is 5.73. The number of rotatable bonds is 3. The molecule has 0 amide bonds. The second-order valence-electron chi connectivity index (χ2n) is 11.7. The Morgan fingerprint density at radius 2 is 1.17 bits per heavy atom. The SMILES string of the molecule is c1ccc(-c2ccc(-c3nc(-n4c5cccc6ccc7c8ccccc8n(c8ncccc84)c7c65)nc4ccccc34)cc2)cc1. The van der Waals surface area contributed by atoms with Crippen LogP contribution < -0.4 is 0 Å². The van der Waals surface area contributed by atoms with Crippen molar-refractivity contribution in [3.8, 4) is 28.3 Å². The number of hydrogen-bond acceptors (Lipinski definition) is 3. The highest BCUT2D eigenvalue weighted by Crippen LogP contribution is 2.39. The monoisotopic (exact) mass is 587 g/mol. The number of fused-ring (bicyclic) bond motifs is 6. The van der Waals surface area contributed by atoms with Crippen LogP contribution in [0.2, 0.25) is 0 Å². The summed E-state index contributed by atoms with van der Waals surface area (Å²) < 4.78 is 4.51. The van der Waals surface area contributed by atoms with E-state index >= 15 is 0 Å². The first kappa shape index (κ1) is 25.0. The zero-order valence-corrected chi connectivity index (χ0v) is 24.7. The fourth-order valence-corrected chi connectivity index (χ4v) is 7.13. The lowest BCUT2D eigenvalue weighted by Crippen LogP contribution is -2.05. The first-order valence-corrected chi connectivity index (χ1v) is 15.5. The van der Waals surface area contributed by atoms with Crippen molar-refractivity contribution in [3.63, 3.8) is 0 Å². The van der Waals surface area contributed by atoms with Gasteiger partial charge in [-0.3, -0.25) is 8.97 Å². The van der Waals surface area contributed by atoms with E-state index in [1.165, 1.54) is 21.9 Å². The van der Waals surface area contributed by atoms with Gasteiger partial charge < -0.3 is 0 Å². The van der Waals surface area contributed by atoms with Gasteiger partial charge in [0.25, 0.3) is 0 Å². The molecule has 0 aliphatic heterocycles. The van der Waals surface area contributed by atoms with E-state index in [0.717, 1.165) is 60.6 Å². The Hall–Kier alpha value is -6.33. The summed E-state index contributed by atoms with van der Waals surface area (Å²) in [6.45, 7) is 0. The molecule has 4 heterocycles. The van der Waals surface area contributed by atoms with Crippen LogP contribution >= 0.6 is 0 Å². The number of aromatic nitrogens is 5. The van der Waals surface area contributed by atoms with Crippen molar-refractivity contribution in [2.75, 3.05) is 0 Å². The molecule has 6 aromatic carbocycles. The first-order valence-electron chi connectivity index (χ1n) is 15.5. The fraction of sp³-hybridized carbons (Fsp3) is 0. The predicted octanol–water partition coefficient (Wildman–Crippen LogP) is 10.0. The molecule has 0 radical (unpaired) electrons. The van der Waals surface area contributed by atoms with E-state index in [1.54, 1.807) is 0 Å². The van der Waals surface area contributed by atoms with E-state index < -0.39 is 0 Å². The Balaban J connectivity index is 1.34. The van der Waals surface area contributed by atoms with Gasteiger partial charge in [-0.2, -0.15) is 0 Å². The van der Waals surface area contributed by atoms with Crippen LogP contribution in [0.4, 0.5) is 0 Å². The Morgan fingerprint density at radius 3 is 2.07 bits per heavy atom. The summed E-state index contributed by atoms with van der Waals surface area (Å²) in [6.07, 6.45) is 1.87. The van der Waals surface area contributed by atoms with Crippen LogP contribution in [0.1, 0.15) is 0 Å². The molecule has 0 unspecified atom stereocenters. The van der Waals surface area contributed by atoms with Gasteiger partial charge in [-0.1, -0.05) is 115 Å². The van der Waals surface area contributed by atoms with E-state index in [0.29, 0.717) is 5.95 Å². The molecule has 46 heavy (non-hydrogen) atoms. The number of benzene rings is 6. The molecule has 0 saturated heterocycles. The molecule has 0 bridgehead atoms. The standard InChI is InChI=1S/C41H25N5/c1-2-10-26(11-3-1)27-19-21-29(22-20-27)38-32-14-4-6-15-33(32)43-41(44-38)45-35-17-8-12-28-23-24-31-30-13-5-7-16-34(30)46(39(31)37(28)35)40-36(45)18-9-25-42-40/h1-25H. The van der Waals surface area contributed by atoms with E-state index in [9.17, 15) is 0 Å². The van der Waals surface area contributed by atoms with Gasteiger partial charge in [-0.05, 0) is 46.8 Å². The van der Waals surface area contributed by atoms with Gasteiger partial charge in [0.05, 0.1) is 33.3 Å². The maximum absolute atomic E-state index is 5.38. The average molecular weight is 588 g/mol. The second-order valence-corrected chi connectivity index (χ2v) is 11.7. The van der Waals surface area contributed by atoms with Crippen LogP contribution in [-0.4, -0.2) is 23.9 Å². The molecule has 5 nitrogen and oxygen atoms in total. The quantitative estimate of drug-likeness (QED) is 0.207. The maximum atomic E-state index is 5.38. The van der Waals surface area contributed by atoms with Gasteiger partial charge in [0, 0.05) is 33.3 Å². The van der Waals surface area contributed by atoms with Crippen molar-refractivity contribution in [1.82, 2.24) is 23.9 Å². The van der Waals surface area contributed by atoms with Gasteiger partial charge >= 0.3 is 0 Å². The minimum absolute atomic E-state index is 0.606. The largest absolute Gasteiger partial charge is 0.291 e. The summed E-state index contributed by atoms with van der Waals surface area (Å²) in [5.74, 6) is 0.606. The van der Waals surface area contributed by atoms with Crippen molar-refractivity contribution in [2.24, 2.45) is 0 Å². The van der Waals surface area contributed by atoms with Crippen molar-refractivity contribution in [1.29, 1.82) is 0 Å². The molecular weight excluding hydrogens is 562 g/mol. The van der Waals surface area contributed by atoms with Crippen LogP contribution in [0.3, 0.4) is 0 Å². The summed E-state index contributed by atoms with van der Waals surface area (Å²) in [6, 6.07) is 51.1.